The molecule has 1 aromatic carbocycles. The smallest absolute Gasteiger partial charge is 0.277 e. The van der Waals surface area contributed by atoms with Gasteiger partial charge >= 0.3 is 0 Å². The molecule has 2 amide bonds. The Labute approximate surface area is 145 Å². The number of hydrogen-bond donors (Lipinski definition) is 2. The van der Waals surface area contributed by atoms with Gasteiger partial charge in [0.1, 0.15) is 17.0 Å². The Hall–Kier alpha value is -3.11. The van der Waals surface area contributed by atoms with Crippen LogP contribution in [0.2, 0.25) is 0 Å². The van der Waals surface area contributed by atoms with Crippen molar-refractivity contribution in [2.45, 2.75) is 0 Å². The molecule has 0 unspecified atom stereocenters. The molecule has 1 aliphatic heterocycles. The molecule has 126 valence electrons. The fourth-order valence-electron chi connectivity index (χ4n) is 2.50. The van der Waals surface area contributed by atoms with Crippen molar-refractivity contribution in [3.05, 3.63) is 42.4 Å². The number of aromatic nitrogens is 4. The summed E-state index contributed by atoms with van der Waals surface area (Å²) in [7, 11) is 0. The van der Waals surface area contributed by atoms with Gasteiger partial charge < -0.3 is 10.4 Å². The summed E-state index contributed by atoms with van der Waals surface area (Å²) in [5.74, 6) is -0.912. The number of nitrogens with zero attached hydrogens (tertiary/aromatic N) is 5. The maximum Gasteiger partial charge on any atom is 0.277 e. The average molecular weight is 356 g/mol. The van der Waals surface area contributed by atoms with Gasteiger partial charge in [-0.2, -0.15) is 9.61 Å². The van der Waals surface area contributed by atoms with Gasteiger partial charge in [-0.1, -0.05) is 23.5 Å². The molecule has 0 spiro atoms. The number of hydrogen-bond acceptors (Lipinski definition) is 8. The number of imide groups is 1. The van der Waals surface area contributed by atoms with Crippen molar-refractivity contribution in [2.75, 3.05) is 18.5 Å². The fourth-order valence-corrected chi connectivity index (χ4v) is 3.36. The summed E-state index contributed by atoms with van der Waals surface area (Å²) in [6, 6.07) is 7.34. The number of aliphatic hydroxyl groups excluding tert-OH is 1. The fraction of sp³-hybridized carbons (Fsp3) is 0.133. The number of anilines is 1. The van der Waals surface area contributed by atoms with E-state index >= 15 is 0 Å². The second-order valence-corrected chi connectivity index (χ2v) is 6.17. The molecule has 3 heterocycles. The average Bonchev–Trinajstić information content (AvgIpc) is 3.26. The third-order valence-electron chi connectivity index (χ3n) is 3.65. The quantitative estimate of drug-likeness (QED) is 0.641. The molecule has 2 N–H and O–H groups in total. The number of nitrogens with one attached hydrogen (secondary N) is 1. The minimum atomic E-state index is -0.466. The molecule has 0 bridgehead atoms. The molecule has 25 heavy (non-hydrogen) atoms. The molecule has 4 rings (SSSR count). The van der Waals surface area contributed by atoms with E-state index in [0.717, 1.165) is 10.5 Å². The zero-order valence-corrected chi connectivity index (χ0v) is 13.6. The summed E-state index contributed by atoms with van der Waals surface area (Å²) in [4.78, 5) is 25.8. The zero-order chi connectivity index (χ0) is 17.4. The molecule has 1 aliphatic rings. The molecule has 2 aromatic heterocycles. The molecule has 9 nitrogen and oxygen atoms in total. The summed E-state index contributed by atoms with van der Waals surface area (Å²) >= 11 is 1.36. The van der Waals surface area contributed by atoms with E-state index in [1.165, 1.54) is 23.7 Å². The van der Waals surface area contributed by atoms with Crippen LogP contribution in [-0.4, -0.2) is 54.8 Å². The monoisotopic (exact) mass is 356 g/mol. The summed E-state index contributed by atoms with van der Waals surface area (Å²) < 4.78 is 1.57. The maximum atomic E-state index is 12.3. The van der Waals surface area contributed by atoms with E-state index in [-0.39, 0.29) is 18.8 Å². The predicted molar refractivity (Wildman–Crippen MR) is 89.6 cm³/mol. The molecule has 0 radical (unpaired) electrons. The predicted octanol–water partition coefficient (Wildman–Crippen LogP) is 0.510. The van der Waals surface area contributed by atoms with Crippen LogP contribution in [0.25, 0.3) is 15.5 Å². The highest BCUT2D eigenvalue weighted by atomic mass is 32.1. The van der Waals surface area contributed by atoms with Gasteiger partial charge in [-0.25, -0.2) is 0 Å². The number of rotatable bonds is 5. The Morgan fingerprint density at radius 2 is 2.08 bits per heavy atom. The van der Waals surface area contributed by atoms with Crippen LogP contribution < -0.4 is 5.32 Å². The maximum absolute atomic E-state index is 12.3. The summed E-state index contributed by atoms with van der Waals surface area (Å²) in [6.45, 7) is -0.306. The Kier molecular flexibility index (Phi) is 3.75. The topological polar surface area (TPSA) is 113 Å². The van der Waals surface area contributed by atoms with Crippen LogP contribution in [0.15, 0.2) is 42.4 Å². The first-order valence-electron chi connectivity index (χ1n) is 7.39. The van der Waals surface area contributed by atoms with Crippen molar-refractivity contribution in [3.63, 3.8) is 0 Å². The van der Waals surface area contributed by atoms with Crippen molar-refractivity contribution in [1.82, 2.24) is 24.7 Å². The van der Waals surface area contributed by atoms with E-state index < -0.39 is 11.8 Å². The van der Waals surface area contributed by atoms with Crippen LogP contribution in [0.5, 0.6) is 0 Å². The third kappa shape index (κ3) is 2.66. The van der Waals surface area contributed by atoms with Crippen LogP contribution in [-0.2, 0) is 9.59 Å². The number of para-hydroxylation sites is 1. The first-order valence-corrected chi connectivity index (χ1v) is 8.20. The summed E-state index contributed by atoms with van der Waals surface area (Å²) in [5.41, 5.74) is 1.58. The number of carbonyl (C=O) groups excluding carboxylic acids is 2. The molecule has 10 heteroatoms. The number of amides is 2. The van der Waals surface area contributed by atoms with Gasteiger partial charge in [0.2, 0.25) is 4.96 Å². The minimum absolute atomic E-state index is 0.0301. The van der Waals surface area contributed by atoms with Crippen LogP contribution >= 0.6 is 11.3 Å². The minimum Gasteiger partial charge on any atom is -0.395 e. The van der Waals surface area contributed by atoms with Crippen molar-refractivity contribution in [3.8, 4) is 10.6 Å². The highest BCUT2D eigenvalue weighted by Crippen LogP contribution is 2.32. The Morgan fingerprint density at radius 1 is 1.24 bits per heavy atom. The van der Waals surface area contributed by atoms with E-state index in [9.17, 15) is 9.59 Å². The molecular weight excluding hydrogens is 344 g/mol. The highest BCUT2D eigenvalue weighted by Gasteiger charge is 2.31. The Morgan fingerprint density at radius 3 is 2.88 bits per heavy atom. The summed E-state index contributed by atoms with van der Waals surface area (Å²) in [5, 5.41) is 24.8. The standard InChI is InChI=1S/C15H12N6O3S/c22-6-5-20-12(23)7-11(14(20)24)17-10-4-2-1-3-9(10)13-19-21-8-16-18-15(21)25-13/h1-4,7-8,17,22H,5-6H2. The van der Waals surface area contributed by atoms with Gasteiger partial charge in [-0.3, -0.25) is 14.5 Å². The Balaban J connectivity index is 1.66. The lowest BCUT2D eigenvalue weighted by atomic mass is 10.2. The van der Waals surface area contributed by atoms with Crippen molar-refractivity contribution in [2.24, 2.45) is 0 Å². The zero-order valence-electron chi connectivity index (χ0n) is 12.8. The van der Waals surface area contributed by atoms with Gasteiger partial charge in [0.25, 0.3) is 11.8 Å². The van der Waals surface area contributed by atoms with E-state index in [1.807, 2.05) is 18.2 Å². The van der Waals surface area contributed by atoms with Gasteiger partial charge in [-0.05, 0) is 12.1 Å². The molecular formula is C15H12N6O3S. The normalized spacial score (nSPS) is 14.4. The van der Waals surface area contributed by atoms with E-state index in [1.54, 1.807) is 10.6 Å². The lowest BCUT2D eigenvalue weighted by Gasteiger charge is -2.14. The van der Waals surface area contributed by atoms with Crippen molar-refractivity contribution < 1.29 is 14.7 Å². The van der Waals surface area contributed by atoms with Crippen molar-refractivity contribution in [1.29, 1.82) is 0 Å². The molecule has 0 aliphatic carbocycles. The molecule has 0 saturated carbocycles. The molecule has 0 atom stereocenters. The SMILES string of the molecule is O=C1C=C(Nc2ccccc2-c2nn3cnnc3s2)C(=O)N1CCO. The lowest BCUT2D eigenvalue weighted by molar-refractivity contribution is -0.137. The summed E-state index contributed by atoms with van der Waals surface area (Å²) in [6.07, 6.45) is 2.74. The number of aliphatic hydroxyl groups is 1. The van der Waals surface area contributed by atoms with E-state index in [0.29, 0.717) is 15.7 Å². The van der Waals surface area contributed by atoms with Gasteiger partial charge in [0, 0.05) is 17.3 Å². The second-order valence-electron chi connectivity index (χ2n) is 5.21. The second kappa shape index (κ2) is 6.07. The van der Waals surface area contributed by atoms with Gasteiger partial charge in [-0.15, -0.1) is 10.2 Å². The third-order valence-corrected chi connectivity index (χ3v) is 4.59. The van der Waals surface area contributed by atoms with E-state index in [4.69, 9.17) is 5.11 Å². The highest BCUT2D eigenvalue weighted by molar-refractivity contribution is 7.19. The number of benzene rings is 1. The molecule has 0 fully saturated rings. The molecule has 0 saturated heterocycles. The first-order chi connectivity index (χ1) is 12.2. The van der Waals surface area contributed by atoms with Crippen LogP contribution in [0, 0.1) is 0 Å². The van der Waals surface area contributed by atoms with Crippen LogP contribution in [0.4, 0.5) is 5.69 Å². The molecule has 3 aromatic rings. The largest absolute Gasteiger partial charge is 0.395 e. The van der Waals surface area contributed by atoms with Crippen LogP contribution in [0.1, 0.15) is 0 Å². The van der Waals surface area contributed by atoms with Crippen LogP contribution in [0.3, 0.4) is 0 Å². The number of β-amino-alcohol motifs (C(OH)–C–C–N with tert-alkyl or cyclic N) is 1. The van der Waals surface area contributed by atoms with Crippen molar-refractivity contribution >= 4 is 33.8 Å². The number of carbonyl (C=O) groups is 2. The van der Waals surface area contributed by atoms with Gasteiger partial charge in [0.15, 0.2) is 0 Å². The first kappa shape index (κ1) is 15.4. The number of fused-ring (bicyclic) bond motifs is 1. The Bertz CT molecular complexity index is 979. The van der Waals surface area contributed by atoms with Gasteiger partial charge in [0.05, 0.1) is 13.2 Å². The van der Waals surface area contributed by atoms with E-state index in [2.05, 4.69) is 20.6 Å². The lowest BCUT2D eigenvalue weighted by Crippen LogP contribution is -2.34.